The zero-order valence-corrected chi connectivity index (χ0v) is 11.1. The SMILES string of the molecule is N#Cc1cc(CSc2nnc3ccccn23)ccc1F. The molecule has 0 spiro atoms. The molecule has 4 nitrogen and oxygen atoms in total. The number of pyridine rings is 1. The van der Waals surface area contributed by atoms with Crippen LogP contribution in [0.25, 0.3) is 5.65 Å². The van der Waals surface area contributed by atoms with Crippen molar-refractivity contribution in [2.24, 2.45) is 0 Å². The van der Waals surface area contributed by atoms with E-state index in [9.17, 15) is 4.39 Å². The van der Waals surface area contributed by atoms with Crippen LogP contribution in [0.3, 0.4) is 0 Å². The topological polar surface area (TPSA) is 54.0 Å². The quantitative estimate of drug-likeness (QED) is 0.694. The number of thioether (sulfide) groups is 1. The fraction of sp³-hybridized carbons (Fsp3) is 0.0714. The number of fused-ring (bicyclic) bond motifs is 1. The number of halogens is 1. The minimum absolute atomic E-state index is 0.0641. The van der Waals surface area contributed by atoms with Gasteiger partial charge in [-0.3, -0.25) is 4.40 Å². The number of aromatic nitrogens is 3. The number of hydrogen-bond acceptors (Lipinski definition) is 4. The summed E-state index contributed by atoms with van der Waals surface area (Å²) in [5, 5.41) is 17.7. The lowest BCUT2D eigenvalue weighted by molar-refractivity contribution is 0.623. The fourth-order valence-corrected chi connectivity index (χ4v) is 2.68. The Kier molecular flexibility index (Phi) is 3.35. The van der Waals surface area contributed by atoms with Crippen LogP contribution in [0.4, 0.5) is 4.39 Å². The molecule has 20 heavy (non-hydrogen) atoms. The van der Waals surface area contributed by atoms with Gasteiger partial charge in [-0.05, 0) is 29.8 Å². The predicted octanol–water partition coefficient (Wildman–Crippen LogP) is 3.03. The molecule has 98 valence electrons. The molecule has 1 aromatic carbocycles. The van der Waals surface area contributed by atoms with Gasteiger partial charge in [0.1, 0.15) is 11.9 Å². The first-order valence-corrected chi connectivity index (χ1v) is 6.87. The number of benzene rings is 1. The van der Waals surface area contributed by atoms with Gasteiger partial charge in [0.25, 0.3) is 0 Å². The summed E-state index contributed by atoms with van der Waals surface area (Å²) in [6.07, 6.45) is 1.89. The van der Waals surface area contributed by atoms with Crippen LogP contribution in [0.2, 0.25) is 0 Å². The molecule has 0 aliphatic rings. The van der Waals surface area contributed by atoms with Gasteiger partial charge < -0.3 is 0 Å². The molecule has 0 amide bonds. The molecule has 0 aliphatic heterocycles. The molecule has 0 radical (unpaired) electrons. The molecule has 0 fully saturated rings. The van der Waals surface area contributed by atoms with E-state index in [4.69, 9.17) is 5.26 Å². The first-order valence-electron chi connectivity index (χ1n) is 5.89. The maximum absolute atomic E-state index is 13.2. The van der Waals surface area contributed by atoms with Crippen LogP contribution in [0.1, 0.15) is 11.1 Å². The summed E-state index contributed by atoms with van der Waals surface area (Å²) in [5.74, 6) is 0.110. The van der Waals surface area contributed by atoms with Crippen LogP contribution < -0.4 is 0 Å². The summed E-state index contributed by atoms with van der Waals surface area (Å²) >= 11 is 1.49. The normalized spacial score (nSPS) is 10.6. The number of nitriles is 1. The maximum atomic E-state index is 13.2. The third-order valence-corrected chi connectivity index (χ3v) is 3.82. The van der Waals surface area contributed by atoms with Crippen molar-refractivity contribution in [2.45, 2.75) is 10.9 Å². The predicted molar refractivity (Wildman–Crippen MR) is 73.7 cm³/mol. The zero-order chi connectivity index (χ0) is 13.9. The third-order valence-electron chi connectivity index (χ3n) is 2.80. The molecule has 0 N–H and O–H groups in total. The average molecular weight is 284 g/mol. The number of nitrogens with zero attached hydrogens (tertiary/aromatic N) is 4. The van der Waals surface area contributed by atoms with E-state index >= 15 is 0 Å². The van der Waals surface area contributed by atoms with Gasteiger partial charge in [-0.25, -0.2) is 4.39 Å². The molecule has 0 atom stereocenters. The van der Waals surface area contributed by atoms with Crippen molar-refractivity contribution in [3.8, 4) is 6.07 Å². The molecule has 0 bridgehead atoms. The Morgan fingerprint density at radius 1 is 1.25 bits per heavy atom. The molecule has 2 heterocycles. The van der Waals surface area contributed by atoms with Gasteiger partial charge in [-0.15, -0.1) is 10.2 Å². The Labute approximate surface area is 118 Å². The van der Waals surface area contributed by atoms with Crippen molar-refractivity contribution in [1.29, 1.82) is 5.26 Å². The molecule has 3 aromatic rings. The van der Waals surface area contributed by atoms with Gasteiger partial charge in [-0.1, -0.05) is 23.9 Å². The fourth-order valence-electron chi connectivity index (χ4n) is 1.81. The van der Waals surface area contributed by atoms with E-state index in [2.05, 4.69) is 10.2 Å². The minimum atomic E-state index is -0.492. The second kappa shape index (κ2) is 5.31. The minimum Gasteiger partial charge on any atom is -0.277 e. The molecule has 0 unspecified atom stereocenters. The van der Waals surface area contributed by atoms with Gasteiger partial charge in [0.15, 0.2) is 10.8 Å². The van der Waals surface area contributed by atoms with Crippen LogP contribution in [0.15, 0.2) is 47.8 Å². The van der Waals surface area contributed by atoms with Crippen molar-refractivity contribution >= 4 is 17.4 Å². The molecule has 0 saturated carbocycles. The Balaban J connectivity index is 1.81. The Bertz CT molecular complexity index is 806. The lowest BCUT2D eigenvalue weighted by Crippen LogP contribution is -1.90. The van der Waals surface area contributed by atoms with Crippen LogP contribution in [0, 0.1) is 17.1 Å². The van der Waals surface area contributed by atoms with Gasteiger partial charge >= 0.3 is 0 Å². The largest absolute Gasteiger partial charge is 0.277 e. The molecular formula is C14H9FN4S. The van der Waals surface area contributed by atoms with Crippen molar-refractivity contribution in [2.75, 3.05) is 0 Å². The average Bonchev–Trinajstić information content (AvgIpc) is 2.90. The van der Waals surface area contributed by atoms with Crippen LogP contribution >= 0.6 is 11.8 Å². The van der Waals surface area contributed by atoms with Gasteiger partial charge in [0.05, 0.1) is 5.56 Å². The first kappa shape index (κ1) is 12.6. The van der Waals surface area contributed by atoms with Crippen molar-refractivity contribution in [1.82, 2.24) is 14.6 Å². The Morgan fingerprint density at radius 3 is 3.00 bits per heavy atom. The lowest BCUT2D eigenvalue weighted by atomic mass is 10.1. The summed E-state index contributed by atoms with van der Waals surface area (Å²) in [7, 11) is 0. The molecule has 2 aromatic heterocycles. The van der Waals surface area contributed by atoms with E-state index in [1.165, 1.54) is 17.8 Å². The van der Waals surface area contributed by atoms with Crippen LogP contribution in [-0.2, 0) is 5.75 Å². The molecule has 0 saturated heterocycles. The van der Waals surface area contributed by atoms with E-state index in [0.717, 1.165) is 16.4 Å². The highest BCUT2D eigenvalue weighted by Crippen LogP contribution is 2.22. The molecule has 0 aliphatic carbocycles. The highest BCUT2D eigenvalue weighted by atomic mass is 32.2. The molecular weight excluding hydrogens is 275 g/mol. The second-order valence-corrected chi connectivity index (χ2v) is 5.07. The number of rotatable bonds is 3. The van der Waals surface area contributed by atoms with E-state index in [0.29, 0.717) is 5.75 Å². The standard InChI is InChI=1S/C14H9FN4S/c15-12-5-4-10(7-11(12)8-16)9-20-14-18-17-13-3-1-2-6-19(13)14/h1-7H,9H2. The summed E-state index contributed by atoms with van der Waals surface area (Å²) in [5.41, 5.74) is 1.72. The van der Waals surface area contributed by atoms with E-state index < -0.39 is 5.82 Å². The van der Waals surface area contributed by atoms with Gasteiger partial charge in [0, 0.05) is 11.9 Å². The monoisotopic (exact) mass is 284 g/mol. The van der Waals surface area contributed by atoms with Crippen molar-refractivity contribution in [3.63, 3.8) is 0 Å². The summed E-state index contributed by atoms with van der Waals surface area (Å²) < 4.78 is 15.1. The maximum Gasteiger partial charge on any atom is 0.195 e. The van der Waals surface area contributed by atoms with Crippen molar-refractivity contribution < 1.29 is 4.39 Å². The summed E-state index contributed by atoms with van der Waals surface area (Å²) in [6, 6.07) is 12.1. The Hall–Kier alpha value is -2.39. The zero-order valence-electron chi connectivity index (χ0n) is 10.3. The second-order valence-electron chi connectivity index (χ2n) is 4.13. The highest BCUT2D eigenvalue weighted by Gasteiger charge is 2.07. The summed E-state index contributed by atoms with van der Waals surface area (Å²) in [4.78, 5) is 0. The number of hydrogen-bond donors (Lipinski definition) is 0. The van der Waals surface area contributed by atoms with Crippen LogP contribution in [-0.4, -0.2) is 14.6 Å². The third kappa shape index (κ3) is 2.36. The van der Waals surface area contributed by atoms with E-state index in [-0.39, 0.29) is 5.56 Å². The van der Waals surface area contributed by atoms with Crippen LogP contribution in [0.5, 0.6) is 0 Å². The smallest absolute Gasteiger partial charge is 0.195 e. The Morgan fingerprint density at radius 2 is 2.15 bits per heavy atom. The molecule has 3 rings (SSSR count). The molecule has 6 heteroatoms. The lowest BCUT2D eigenvalue weighted by Gasteiger charge is -2.02. The first-order chi connectivity index (χ1) is 9.78. The van der Waals surface area contributed by atoms with Gasteiger partial charge in [0.2, 0.25) is 0 Å². The van der Waals surface area contributed by atoms with Gasteiger partial charge in [-0.2, -0.15) is 5.26 Å². The highest BCUT2D eigenvalue weighted by molar-refractivity contribution is 7.98. The van der Waals surface area contributed by atoms with Crippen molar-refractivity contribution in [3.05, 3.63) is 59.5 Å². The summed E-state index contributed by atoms with van der Waals surface area (Å²) in [6.45, 7) is 0. The van der Waals surface area contributed by atoms with E-state index in [1.54, 1.807) is 12.1 Å². The van der Waals surface area contributed by atoms with E-state index in [1.807, 2.05) is 34.9 Å².